The Hall–Kier alpha value is -1.40. The van der Waals surface area contributed by atoms with E-state index in [9.17, 15) is 4.79 Å². The summed E-state index contributed by atoms with van der Waals surface area (Å²) >= 11 is 4.50. The van der Waals surface area contributed by atoms with Gasteiger partial charge in [-0.1, -0.05) is 0 Å². The van der Waals surface area contributed by atoms with Gasteiger partial charge in [-0.15, -0.1) is 11.3 Å². The minimum atomic E-state index is -0.912. The molecule has 0 saturated heterocycles. The van der Waals surface area contributed by atoms with E-state index in [2.05, 4.69) is 20.9 Å². The van der Waals surface area contributed by atoms with Gasteiger partial charge in [-0.2, -0.15) is 0 Å². The van der Waals surface area contributed by atoms with E-state index in [4.69, 9.17) is 9.84 Å². The molecule has 0 spiro atoms. The number of hydrogen-bond acceptors (Lipinski definition) is 4. The van der Waals surface area contributed by atoms with Gasteiger partial charge in [-0.05, 0) is 34.1 Å². The molecule has 0 atom stereocenters. The molecule has 6 heteroatoms. The van der Waals surface area contributed by atoms with Crippen molar-refractivity contribution in [1.29, 1.82) is 0 Å². The Kier molecular flexibility index (Phi) is 3.75. The fourth-order valence-corrected chi connectivity index (χ4v) is 2.30. The van der Waals surface area contributed by atoms with Crippen LogP contribution in [0, 0.1) is 0 Å². The molecule has 0 unspecified atom stereocenters. The Bertz CT molecular complexity index is 541. The molecular weight excluding hydrogens is 306 g/mol. The maximum Gasteiger partial charge on any atom is 0.345 e. The Morgan fingerprint density at radius 3 is 2.94 bits per heavy atom. The molecule has 0 aliphatic heterocycles. The largest absolute Gasteiger partial charge is 0.486 e. The highest BCUT2D eigenvalue weighted by Crippen LogP contribution is 2.20. The maximum absolute atomic E-state index is 10.7. The highest BCUT2D eigenvalue weighted by Gasteiger charge is 2.07. The van der Waals surface area contributed by atoms with Gasteiger partial charge in [0, 0.05) is 15.5 Å². The van der Waals surface area contributed by atoms with Crippen LogP contribution in [0.1, 0.15) is 14.5 Å². The maximum atomic E-state index is 10.7. The van der Waals surface area contributed by atoms with E-state index in [0.29, 0.717) is 17.2 Å². The van der Waals surface area contributed by atoms with Gasteiger partial charge in [0.05, 0.1) is 6.20 Å². The molecule has 4 nitrogen and oxygen atoms in total. The van der Waals surface area contributed by atoms with Gasteiger partial charge in [0.1, 0.15) is 17.2 Å². The molecule has 0 fully saturated rings. The minimum Gasteiger partial charge on any atom is -0.486 e. The van der Waals surface area contributed by atoms with E-state index >= 15 is 0 Å². The predicted octanol–water partition coefficient (Wildman–Crippen LogP) is 3.18. The van der Waals surface area contributed by atoms with Crippen molar-refractivity contribution < 1.29 is 14.6 Å². The summed E-state index contributed by atoms with van der Waals surface area (Å²) < 4.78 is 6.33. The first-order valence-corrected chi connectivity index (χ1v) is 6.31. The summed E-state index contributed by atoms with van der Waals surface area (Å²) in [6, 6.07) is 5.13. The van der Waals surface area contributed by atoms with Crippen LogP contribution < -0.4 is 4.74 Å². The number of halogens is 1. The van der Waals surface area contributed by atoms with Gasteiger partial charge in [0.2, 0.25) is 0 Å². The zero-order valence-corrected chi connectivity index (χ0v) is 11.0. The first-order chi connectivity index (χ1) is 8.15. The van der Waals surface area contributed by atoms with Crippen LogP contribution in [0.4, 0.5) is 0 Å². The number of carbonyl (C=O) groups is 1. The van der Waals surface area contributed by atoms with Crippen molar-refractivity contribution in [3.63, 3.8) is 0 Å². The third-order valence-electron chi connectivity index (χ3n) is 1.93. The summed E-state index contributed by atoms with van der Waals surface area (Å²) in [5.74, 6) is -0.268. The molecule has 2 rings (SSSR count). The summed E-state index contributed by atoms with van der Waals surface area (Å²) in [7, 11) is 0. The van der Waals surface area contributed by atoms with Crippen LogP contribution in [0.2, 0.25) is 0 Å². The van der Waals surface area contributed by atoms with Crippen molar-refractivity contribution in [1.82, 2.24) is 4.98 Å². The van der Waals surface area contributed by atoms with Crippen LogP contribution in [0.3, 0.4) is 0 Å². The number of ether oxygens (including phenoxy) is 1. The Labute approximate surface area is 110 Å². The summed E-state index contributed by atoms with van der Waals surface area (Å²) in [4.78, 5) is 15.8. The van der Waals surface area contributed by atoms with E-state index in [1.54, 1.807) is 30.6 Å². The highest BCUT2D eigenvalue weighted by molar-refractivity contribution is 9.10. The smallest absolute Gasteiger partial charge is 0.345 e. The van der Waals surface area contributed by atoms with Crippen molar-refractivity contribution >= 4 is 33.2 Å². The topological polar surface area (TPSA) is 59.4 Å². The van der Waals surface area contributed by atoms with Crippen LogP contribution in [0.5, 0.6) is 5.75 Å². The fraction of sp³-hybridized carbons (Fsp3) is 0.0909. The normalized spacial score (nSPS) is 10.2. The zero-order chi connectivity index (χ0) is 12.3. The number of aromatic carboxylic acids is 1. The first-order valence-electron chi connectivity index (χ1n) is 4.70. The number of aromatic nitrogens is 1. The molecule has 0 aliphatic rings. The standard InChI is InChI=1S/C11H8BrNO3S/c12-7-3-8(5-13-4-7)16-6-9-1-2-10(17-9)11(14)15/h1-5H,6H2,(H,14,15). The van der Waals surface area contributed by atoms with Crippen molar-refractivity contribution in [2.45, 2.75) is 6.61 Å². The third kappa shape index (κ3) is 3.28. The summed E-state index contributed by atoms with van der Waals surface area (Å²) in [5, 5.41) is 8.77. The van der Waals surface area contributed by atoms with Gasteiger partial charge in [0.25, 0.3) is 0 Å². The number of thiophene rings is 1. The molecule has 0 aromatic carbocycles. The van der Waals surface area contributed by atoms with Crippen molar-refractivity contribution in [3.05, 3.63) is 44.8 Å². The Morgan fingerprint density at radius 1 is 1.47 bits per heavy atom. The molecule has 88 valence electrons. The second-order valence-corrected chi connectivity index (χ2v) is 5.28. The lowest BCUT2D eigenvalue weighted by atomic mass is 10.4. The SMILES string of the molecule is O=C(O)c1ccc(COc2cncc(Br)c2)s1. The van der Waals surface area contributed by atoms with E-state index < -0.39 is 5.97 Å². The number of carboxylic acid groups (broad SMARTS) is 1. The number of nitrogens with zero attached hydrogens (tertiary/aromatic N) is 1. The quantitative estimate of drug-likeness (QED) is 0.941. The van der Waals surface area contributed by atoms with Gasteiger partial charge in [-0.3, -0.25) is 4.98 Å². The molecular formula is C11H8BrNO3S. The first kappa shape index (κ1) is 12.1. The second kappa shape index (κ2) is 5.29. The van der Waals surface area contributed by atoms with Gasteiger partial charge < -0.3 is 9.84 Å². The summed E-state index contributed by atoms with van der Waals surface area (Å²) in [6.07, 6.45) is 3.27. The number of pyridine rings is 1. The lowest BCUT2D eigenvalue weighted by Crippen LogP contribution is -1.93. The summed E-state index contributed by atoms with van der Waals surface area (Å²) in [6.45, 7) is 0.343. The van der Waals surface area contributed by atoms with Crippen LogP contribution in [-0.2, 0) is 6.61 Å². The van der Waals surface area contributed by atoms with Crippen molar-refractivity contribution in [3.8, 4) is 5.75 Å². The van der Waals surface area contributed by atoms with Crippen molar-refractivity contribution in [2.75, 3.05) is 0 Å². The minimum absolute atomic E-state index is 0.316. The van der Waals surface area contributed by atoms with E-state index in [1.807, 2.05) is 0 Å². The lowest BCUT2D eigenvalue weighted by Gasteiger charge is -2.03. The predicted molar refractivity (Wildman–Crippen MR) is 67.5 cm³/mol. The number of carboxylic acids is 1. The lowest BCUT2D eigenvalue weighted by molar-refractivity contribution is 0.0702. The molecule has 0 aliphatic carbocycles. The molecule has 2 aromatic rings. The van der Waals surface area contributed by atoms with Crippen LogP contribution in [-0.4, -0.2) is 16.1 Å². The average molecular weight is 314 g/mol. The molecule has 17 heavy (non-hydrogen) atoms. The molecule has 0 bridgehead atoms. The van der Waals surface area contributed by atoms with Crippen LogP contribution >= 0.6 is 27.3 Å². The van der Waals surface area contributed by atoms with E-state index in [0.717, 1.165) is 9.35 Å². The number of hydrogen-bond donors (Lipinski definition) is 1. The molecule has 0 saturated carbocycles. The number of rotatable bonds is 4. The molecule has 1 N–H and O–H groups in total. The molecule has 2 aromatic heterocycles. The van der Waals surface area contributed by atoms with Gasteiger partial charge in [-0.25, -0.2) is 4.79 Å². The van der Waals surface area contributed by atoms with Gasteiger partial charge in [0.15, 0.2) is 0 Å². The highest BCUT2D eigenvalue weighted by atomic mass is 79.9. The third-order valence-corrected chi connectivity index (χ3v) is 3.41. The molecule has 2 heterocycles. The van der Waals surface area contributed by atoms with E-state index in [1.165, 1.54) is 11.3 Å². The monoisotopic (exact) mass is 313 g/mol. The van der Waals surface area contributed by atoms with Crippen LogP contribution in [0.25, 0.3) is 0 Å². The van der Waals surface area contributed by atoms with Crippen molar-refractivity contribution in [2.24, 2.45) is 0 Å². The fourth-order valence-electron chi connectivity index (χ4n) is 1.20. The Balaban J connectivity index is 2.00. The van der Waals surface area contributed by atoms with E-state index in [-0.39, 0.29) is 0 Å². The van der Waals surface area contributed by atoms with Gasteiger partial charge >= 0.3 is 5.97 Å². The van der Waals surface area contributed by atoms with Crippen LogP contribution in [0.15, 0.2) is 35.1 Å². The average Bonchev–Trinajstić information content (AvgIpc) is 2.75. The molecule has 0 amide bonds. The second-order valence-electron chi connectivity index (χ2n) is 3.20. The zero-order valence-electron chi connectivity index (χ0n) is 8.59. The molecule has 0 radical (unpaired) electrons. The Morgan fingerprint density at radius 2 is 2.29 bits per heavy atom. The summed E-state index contributed by atoms with van der Waals surface area (Å²) in [5.41, 5.74) is 0.